The van der Waals surface area contributed by atoms with Gasteiger partial charge in [0.05, 0.1) is 42.9 Å². The van der Waals surface area contributed by atoms with Crippen LogP contribution in [0.15, 0.2) is 55.4 Å². The van der Waals surface area contributed by atoms with Gasteiger partial charge in [0.15, 0.2) is 5.82 Å². The van der Waals surface area contributed by atoms with Gasteiger partial charge in [0.1, 0.15) is 29.5 Å². The number of methoxy groups -OCH3 is 1. The van der Waals surface area contributed by atoms with Crippen LogP contribution in [-0.4, -0.2) is 66.2 Å². The number of halogens is 2. The summed E-state index contributed by atoms with van der Waals surface area (Å²) in [4.78, 5) is 31.5. The van der Waals surface area contributed by atoms with E-state index in [0.717, 1.165) is 31.4 Å². The summed E-state index contributed by atoms with van der Waals surface area (Å²) in [6, 6.07) is 9.33. The molecule has 4 heterocycles. The molecule has 0 saturated carbocycles. The van der Waals surface area contributed by atoms with Crippen LogP contribution in [0.1, 0.15) is 24.9 Å². The minimum atomic E-state index is -0.644. The number of benzene rings is 2. The van der Waals surface area contributed by atoms with Crippen LogP contribution in [0.5, 0.6) is 5.75 Å². The van der Waals surface area contributed by atoms with Gasteiger partial charge in [0.2, 0.25) is 5.91 Å². The van der Waals surface area contributed by atoms with Gasteiger partial charge in [-0.3, -0.25) is 14.5 Å². The molecule has 10 nitrogen and oxygen atoms in total. The zero-order chi connectivity index (χ0) is 28.7. The Kier molecular flexibility index (Phi) is 7.18. The van der Waals surface area contributed by atoms with Gasteiger partial charge in [0, 0.05) is 49.3 Å². The number of rotatable bonds is 9. The number of nitrogens with zero attached hydrogens (tertiary/aromatic N) is 5. The predicted molar refractivity (Wildman–Crippen MR) is 151 cm³/mol. The van der Waals surface area contributed by atoms with Crippen molar-refractivity contribution in [1.29, 1.82) is 0 Å². The first-order chi connectivity index (χ1) is 19.9. The molecular formula is C29H31F2N7O3. The van der Waals surface area contributed by atoms with Gasteiger partial charge in [-0.2, -0.15) is 0 Å². The number of carbonyl (C=O) groups excluding carboxylic acids is 1. The van der Waals surface area contributed by atoms with Crippen molar-refractivity contribution < 1.29 is 23.1 Å². The van der Waals surface area contributed by atoms with E-state index in [2.05, 4.69) is 43.9 Å². The SMILES string of the molecule is C=CC(=O)Nc1cc(Nc2cc(N3OCC[C@@H]3c3ccc(F)cc3F)ncn2)c(OC)cc1N1CC2[C@H]1CN2CC. The largest absolute Gasteiger partial charge is 0.494 e. The highest BCUT2D eigenvalue weighted by Gasteiger charge is 2.51. The van der Waals surface area contributed by atoms with Crippen LogP contribution in [0.25, 0.3) is 0 Å². The van der Waals surface area contributed by atoms with Crippen molar-refractivity contribution in [3.8, 4) is 5.75 Å². The molecule has 12 heteroatoms. The van der Waals surface area contributed by atoms with Gasteiger partial charge < -0.3 is 20.3 Å². The maximum Gasteiger partial charge on any atom is 0.247 e. The van der Waals surface area contributed by atoms with Gasteiger partial charge in [-0.15, -0.1) is 0 Å². The molecule has 2 N–H and O–H groups in total. The second-order valence-corrected chi connectivity index (χ2v) is 10.2. The summed E-state index contributed by atoms with van der Waals surface area (Å²) in [6.07, 6.45) is 3.11. The van der Waals surface area contributed by atoms with E-state index in [0.29, 0.717) is 59.4 Å². The Labute approximate surface area is 236 Å². The average molecular weight is 564 g/mol. The lowest BCUT2D eigenvalue weighted by molar-refractivity contribution is -0.111. The molecule has 214 valence electrons. The highest BCUT2D eigenvalue weighted by molar-refractivity contribution is 6.02. The molecule has 3 aromatic rings. The van der Waals surface area contributed by atoms with Crippen LogP contribution in [0.3, 0.4) is 0 Å². The molecule has 2 aromatic carbocycles. The number of piperazine rings is 1. The Morgan fingerprint density at radius 3 is 2.73 bits per heavy atom. The standard InChI is InChI=1S/C29H31F2N7O3/c1-4-29(39)35-20-11-21(26(40-3)12-23(20)37-15-24-25(37)14-36(24)5-2)34-27-13-28(33-16-32-27)38-22(8-9-41-38)18-7-6-17(30)10-19(18)31/h4,6-7,10-13,16,22,24-25H,1,5,8-9,14-15H2,2-3H3,(H,35,39)(H,32,33,34)/t22-,24?,25-/m1/s1. The summed E-state index contributed by atoms with van der Waals surface area (Å²) in [6.45, 7) is 8.96. The third-order valence-corrected chi connectivity index (χ3v) is 7.96. The van der Waals surface area contributed by atoms with Gasteiger partial charge >= 0.3 is 0 Å². The van der Waals surface area contributed by atoms with Crippen LogP contribution in [0, 0.1) is 11.6 Å². The summed E-state index contributed by atoms with van der Waals surface area (Å²) >= 11 is 0. The number of likely N-dealkylation sites (tertiary alicyclic amines) is 1. The van der Waals surface area contributed by atoms with Crippen LogP contribution >= 0.6 is 0 Å². The zero-order valence-corrected chi connectivity index (χ0v) is 22.8. The number of ether oxygens (including phenoxy) is 1. The number of hydroxylamine groups is 1. The Morgan fingerprint density at radius 1 is 1.17 bits per heavy atom. The Morgan fingerprint density at radius 2 is 2.02 bits per heavy atom. The molecule has 1 amide bonds. The lowest BCUT2D eigenvalue weighted by Crippen LogP contribution is -2.79. The Hall–Kier alpha value is -4.29. The minimum absolute atomic E-state index is 0.318. The van der Waals surface area contributed by atoms with Crippen molar-refractivity contribution >= 4 is 34.6 Å². The van der Waals surface area contributed by atoms with Gasteiger partial charge in [-0.1, -0.05) is 19.6 Å². The lowest BCUT2D eigenvalue weighted by atomic mass is 9.84. The number of hydrogen-bond acceptors (Lipinski definition) is 9. The second kappa shape index (κ2) is 10.9. The molecule has 1 unspecified atom stereocenters. The summed E-state index contributed by atoms with van der Waals surface area (Å²) in [5.74, 6) is -0.208. The van der Waals surface area contributed by atoms with E-state index < -0.39 is 17.7 Å². The molecule has 3 fully saturated rings. The summed E-state index contributed by atoms with van der Waals surface area (Å²) < 4.78 is 33.8. The minimum Gasteiger partial charge on any atom is -0.494 e. The maximum absolute atomic E-state index is 14.6. The number of aromatic nitrogens is 2. The van der Waals surface area contributed by atoms with Crippen molar-refractivity contribution in [2.75, 3.05) is 53.9 Å². The number of hydrogen-bond donors (Lipinski definition) is 2. The predicted octanol–water partition coefficient (Wildman–Crippen LogP) is 4.41. The summed E-state index contributed by atoms with van der Waals surface area (Å²) in [5.41, 5.74) is 2.39. The van der Waals surface area contributed by atoms with E-state index in [-0.39, 0.29) is 5.91 Å². The van der Waals surface area contributed by atoms with Crippen molar-refractivity contribution in [2.45, 2.75) is 31.5 Å². The first-order valence-electron chi connectivity index (χ1n) is 13.5. The third kappa shape index (κ3) is 4.93. The number of amides is 1. The van der Waals surface area contributed by atoms with E-state index in [1.807, 2.05) is 12.1 Å². The second-order valence-electron chi connectivity index (χ2n) is 10.2. The molecule has 3 aliphatic rings. The number of nitrogens with one attached hydrogen (secondary N) is 2. The topological polar surface area (TPSA) is 95.1 Å². The fourth-order valence-corrected chi connectivity index (χ4v) is 5.77. The summed E-state index contributed by atoms with van der Waals surface area (Å²) in [5, 5.41) is 7.70. The quantitative estimate of drug-likeness (QED) is 0.367. The molecule has 6 rings (SSSR count). The molecule has 41 heavy (non-hydrogen) atoms. The molecule has 0 bridgehead atoms. The highest BCUT2D eigenvalue weighted by atomic mass is 19.1. The van der Waals surface area contributed by atoms with Crippen LogP contribution in [0.2, 0.25) is 0 Å². The van der Waals surface area contributed by atoms with E-state index in [9.17, 15) is 13.6 Å². The van der Waals surface area contributed by atoms with E-state index in [4.69, 9.17) is 9.57 Å². The molecule has 0 spiro atoms. The molecule has 3 aliphatic heterocycles. The molecular weight excluding hydrogens is 532 g/mol. The van der Waals surface area contributed by atoms with E-state index in [1.165, 1.54) is 29.6 Å². The normalized spacial score (nSPS) is 21.5. The number of anilines is 5. The van der Waals surface area contributed by atoms with Gasteiger partial charge in [-0.25, -0.2) is 23.8 Å². The lowest BCUT2D eigenvalue weighted by Gasteiger charge is -2.63. The zero-order valence-electron chi connectivity index (χ0n) is 22.8. The molecule has 3 saturated heterocycles. The molecule has 0 aliphatic carbocycles. The van der Waals surface area contributed by atoms with Crippen molar-refractivity contribution in [3.05, 3.63) is 72.6 Å². The average Bonchev–Trinajstić information content (AvgIpc) is 3.44. The highest BCUT2D eigenvalue weighted by Crippen LogP contribution is 2.45. The smallest absolute Gasteiger partial charge is 0.247 e. The van der Waals surface area contributed by atoms with Crippen LogP contribution < -0.4 is 25.3 Å². The van der Waals surface area contributed by atoms with E-state index >= 15 is 0 Å². The van der Waals surface area contributed by atoms with E-state index in [1.54, 1.807) is 13.2 Å². The fourth-order valence-electron chi connectivity index (χ4n) is 5.77. The van der Waals surface area contributed by atoms with Crippen LogP contribution in [0.4, 0.5) is 37.5 Å². The molecule has 1 aromatic heterocycles. The monoisotopic (exact) mass is 563 g/mol. The van der Waals surface area contributed by atoms with Crippen LogP contribution in [-0.2, 0) is 9.63 Å². The third-order valence-electron chi connectivity index (χ3n) is 7.96. The van der Waals surface area contributed by atoms with Crippen molar-refractivity contribution in [3.63, 3.8) is 0 Å². The first kappa shape index (κ1) is 26.9. The summed E-state index contributed by atoms with van der Waals surface area (Å²) in [7, 11) is 1.58. The number of likely N-dealkylation sites (N-methyl/N-ethyl adjacent to an activating group) is 1. The fraction of sp³-hybridized carbons (Fsp3) is 0.345. The van der Waals surface area contributed by atoms with Gasteiger partial charge in [0.25, 0.3) is 0 Å². The Balaban J connectivity index is 1.28. The van der Waals surface area contributed by atoms with Gasteiger partial charge in [-0.05, 0) is 24.8 Å². The molecule has 3 atom stereocenters. The molecule has 0 radical (unpaired) electrons. The first-order valence-corrected chi connectivity index (χ1v) is 13.5. The maximum atomic E-state index is 14.6. The number of carbonyl (C=O) groups is 1. The van der Waals surface area contributed by atoms with Crippen molar-refractivity contribution in [2.24, 2.45) is 0 Å². The number of fused-ring (bicyclic) bond motifs is 1. The Bertz CT molecular complexity index is 1490. The van der Waals surface area contributed by atoms with Crippen molar-refractivity contribution in [1.82, 2.24) is 14.9 Å².